The molecule has 0 atom stereocenters. The second-order valence-electron chi connectivity index (χ2n) is 3.34. The van der Waals surface area contributed by atoms with Crippen LogP contribution in [0.4, 0.5) is 0 Å². The van der Waals surface area contributed by atoms with Crippen molar-refractivity contribution in [3.63, 3.8) is 0 Å². The van der Waals surface area contributed by atoms with Gasteiger partial charge in [-0.2, -0.15) is 0 Å². The fourth-order valence-corrected chi connectivity index (χ4v) is 1.69. The van der Waals surface area contributed by atoms with Crippen LogP contribution < -0.4 is 5.73 Å². The second kappa shape index (κ2) is 3.78. The average Bonchev–Trinajstić information content (AvgIpc) is 2.56. The minimum atomic E-state index is -0.00264. The molecule has 5 nitrogen and oxygen atoms in total. The third-order valence-corrected chi connectivity index (χ3v) is 2.25. The molecule has 0 aliphatic rings. The maximum atomic E-state index is 11.5. The molecule has 78 valence electrons. The van der Waals surface area contributed by atoms with Crippen molar-refractivity contribution >= 4 is 16.7 Å². The number of fused-ring (bicyclic) bond motifs is 1. The molecule has 0 aliphatic carbocycles. The summed E-state index contributed by atoms with van der Waals surface area (Å²) >= 11 is 0. The Morgan fingerprint density at radius 3 is 3.07 bits per heavy atom. The number of carbonyl (C=O) groups is 1. The first-order valence-electron chi connectivity index (χ1n) is 4.74. The van der Waals surface area contributed by atoms with Crippen LogP contribution in [-0.4, -0.2) is 26.9 Å². The van der Waals surface area contributed by atoms with Crippen molar-refractivity contribution in [1.29, 1.82) is 0 Å². The molecular formula is C10H12N4O. The zero-order valence-corrected chi connectivity index (χ0v) is 8.47. The van der Waals surface area contributed by atoms with E-state index in [1.54, 1.807) is 6.20 Å². The van der Waals surface area contributed by atoms with Crippen molar-refractivity contribution in [3.8, 4) is 0 Å². The summed E-state index contributed by atoms with van der Waals surface area (Å²) in [6, 6.07) is 0. The van der Waals surface area contributed by atoms with E-state index < -0.39 is 0 Å². The lowest BCUT2D eigenvalue weighted by molar-refractivity contribution is 0.101. The maximum Gasteiger partial charge on any atom is 0.178 e. The summed E-state index contributed by atoms with van der Waals surface area (Å²) in [7, 11) is 0. The molecule has 2 aromatic heterocycles. The van der Waals surface area contributed by atoms with E-state index in [-0.39, 0.29) is 5.78 Å². The molecule has 0 amide bonds. The summed E-state index contributed by atoms with van der Waals surface area (Å²) in [6.07, 6.45) is 5.00. The Bertz CT molecular complexity index is 503. The van der Waals surface area contributed by atoms with Crippen molar-refractivity contribution in [2.75, 3.05) is 6.54 Å². The highest BCUT2D eigenvalue weighted by Gasteiger charge is 2.13. The van der Waals surface area contributed by atoms with Crippen LogP contribution in [0.5, 0.6) is 0 Å². The highest BCUT2D eigenvalue weighted by Crippen LogP contribution is 2.18. The Balaban J connectivity index is 2.69. The SMILES string of the molecule is CC(=O)c1c2ncncc2cn1CCN. The Kier molecular flexibility index (Phi) is 2.47. The van der Waals surface area contributed by atoms with E-state index in [9.17, 15) is 4.79 Å². The highest BCUT2D eigenvalue weighted by molar-refractivity contribution is 6.04. The van der Waals surface area contributed by atoms with Crippen LogP contribution in [-0.2, 0) is 6.54 Å². The Morgan fingerprint density at radius 1 is 1.60 bits per heavy atom. The van der Waals surface area contributed by atoms with Crippen LogP contribution in [0.3, 0.4) is 0 Å². The Morgan fingerprint density at radius 2 is 2.40 bits per heavy atom. The number of hydrogen-bond acceptors (Lipinski definition) is 4. The minimum Gasteiger partial charge on any atom is -0.341 e. The molecular weight excluding hydrogens is 192 g/mol. The summed E-state index contributed by atoms with van der Waals surface area (Å²) < 4.78 is 1.84. The van der Waals surface area contributed by atoms with Crippen LogP contribution in [0.15, 0.2) is 18.7 Å². The molecule has 2 aromatic rings. The fourth-order valence-electron chi connectivity index (χ4n) is 1.69. The van der Waals surface area contributed by atoms with E-state index in [0.717, 1.165) is 5.39 Å². The van der Waals surface area contributed by atoms with Crippen LogP contribution in [0, 0.1) is 0 Å². The quantitative estimate of drug-likeness (QED) is 0.743. The second-order valence-corrected chi connectivity index (χ2v) is 3.34. The maximum absolute atomic E-state index is 11.5. The zero-order valence-electron chi connectivity index (χ0n) is 8.47. The summed E-state index contributed by atoms with van der Waals surface area (Å²) in [5.41, 5.74) is 6.79. The number of hydrogen-bond donors (Lipinski definition) is 1. The lowest BCUT2D eigenvalue weighted by Gasteiger charge is -2.03. The van der Waals surface area contributed by atoms with Crippen LogP contribution in [0.1, 0.15) is 17.4 Å². The molecule has 0 bridgehead atoms. The topological polar surface area (TPSA) is 73.8 Å². The molecule has 0 aliphatic heterocycles. The van der Waals surface area contributed by atoms with Crippen molar-refractivity contribution in [3.05, 3.63) is 24.4 Å². The largest absolute Gasteiger partial charge is 0.341 e. The molecule has 5 heteroatoms. The normalized spacial score (nSPS) is 10.8. The molecule has 15 heavy (non-hydrogen) atoms. The van der Waals surface area contributed by atoms with Gasteiger partial charge in [-0.1, -0.05) is 0 Å². The molecule has 0 aromatic carbocycles. The van der Waals surface area contributed by atoms with Crippen molar-refractivity contribution in [2.45, 2.75) is 13.5 Å². The van der Waals surface area contributed by atoms with Gasteiger partial charge in [-0.05, 0) is 0 Å². The zero-order chi connectivity index (χ0) is 10.8. The van der Waals surface area contributed by atoms with E-state index in [1.165, 1.54) is 13.3 Å². The molecule has 0 fully saturated rings. The first-order valence-corrected chi connectivity index (χ1v) is 4.74. The number of nitrogens with zero attached hydrogens (tertiary/aromatic N) is 3. The molecule has 0 spiro atoms. The summed E-state index contributed by atoms with van der Waals surface area (Å²) in [5.74, 6) is -0.00264. The van der Waals surface area contributed by atoms with Crippen LogP contribution in [0.2, 0.25) is 0 Å². The molecule has 2 rings (SSSR count). The van der Waals surface area contributed by atoms with Gasteiger partial charge in [-0.3, -0.25) is 4.79 Å². The molecule has 0 radical (unpaired) electrons. The van der Waals surface area contributed by atoms with Gasteiger partial charge < -0.3 is 10.3 Å². The first-order chi connectivity index (χ1) is 7.24. The molecule has 2 N–H and O–H groups in total. The van der Waals surface area contributed by atoms with Crippen molar-refractivity contribution in [1.82, 2.24) is 14.5 Å². The lowest BCUT2D eigenvalue weighted by atomic mass is 10.2. The summed E-state index contributed by atoms with van der Waals surface area (Å²) in [4.78, 5) is 19.5. The predicted molar refractivity (Wildman–Crippen MR) is 56.6 cm³/mol. The third kappa shape index (κ3) is 1.61. The Labute approximate surface area is 86.9 Å². The molecule has 0 saturated carbocycles. The first kappa shape index (κ1) is 9.79. The number of aromatic nitrogens is 3. The standard InChI is InChI=1S/C10H12N4O/c1-7(15)10-9-8(4-12-6-13-9)5-14(10)3-2-11/h4-6H,2-3,11H2,1H3. The predicted octanol–water partition coefficient (Wildman–Crippen LogP) is 0.593. The van der Waals surface area contributed by atoms with E-state index in [1.807, 2.05) is 10.8 Å². The van der Waals surface area contributed by atoms with E-state index in [4.69, 9.17) is 5.73 Å². The average molecular weight is 204 g/mol. The molecule has 0 unspecified atom stereocenters. The number of ketones is 1. The monoisotopic (exact) mass is 204 g/mol. The van der Waals surface area contributed by atoms with Gasteiger partial charge in [0.1, 0.15) is 17.5 Å². The van der Waals surface area contributed by atoms with E-state index >= 15 is 0 Å². The van der Waals surface area contributed by atoms with Crippen LogP contribution >= 0.6 is 0 Å². The molecule has 2 heterocycles. The van der Waals surface area contributed by atoms with Crippen molar-refractivity contribution < 1.29 is 4.79 Å². The fraction of sp³-hybridized carbons (Fsp3) is 0.300. The van der Waals surface area contributed by atoms with Gasteiger partial charge in [0.25, 0.3) is 0 Å². The van der Waals surface area contributed by atoms with Gasteiger partial charge in [0.05, 0.1) is 0 Å². The van der Waals surface area contributed by atoms with Gasteiger partial charge in [-0.25, -0.2) is 9.97 Å². The van der Waals surface area contributed by atoms with Crippen LogP contribution in [0.25, 0.3) is 10.9 Å². The smallest absolute Gasteiger partial charge is 0.178 e. The Hall–Kier alpha value is -1.75. The lowest BCUT2D eigenvalue weighted by Crippen LogP contribution is -2.13. The summed E-state index contributed by atoms with van der Waals surface area (Å²) in [6.45, 7) is 2.64. The van der Waals surface area contributed by atoms with Gasteiger partial charge in [-0.15, -0.1) is 0 Å². The number of nitrogens with two attached hydrogens (primary N) is 1. The van der Waals surface area contributed by atoms with Crippen molar-refractivity contribution in [2.24, 2.45) is 5.73 Å². The van der Waals surface area contributed by atoms with Gasteiger partial charge in [0, 0.05) is 37.8 Å². The van der Waals surface area contributed by atoms with E-state index in [0.29, 0.717) is 24.3 Å². The van der Waals surface area contributed by atoms with Gasteiger partial charge in [0.15, 0.2) is 5.78 Å². The van der Waals surface area contributed by atoms with Gasteiger partial charge in [0.2, 0.25) is 0 Å². The molecule has 0 saturated heterocycles. The third-order valence-electron chi connectivity index (χ3n) is 2.25. The number of carbonyl (C=O) groups excluding carboxylic acids is 1. The highest BCUT2D eigenvalue weighted by atomic mass is 16.1. The minimum absolute atomic E-state index is 0.00264. The number of Topliss-reactive ketones (excluding diaryl/α,β-unsaturated/α-hetero) is 1. The van der Waals surface area contributed by atoms with E-state index in [2.05, 4.69) is 9.97 Å². The number of rotatable bonds is 3. The summed E-state index contributed by atoms with van der Waals surface area (Å²) in [5, 5.41) is 0.871. The van der Waals surface area contributed by atoms with Gasteiger partial charge >= 0.3 is 0 Å².